The second-order valence-corrected chi connectivity index (χ2v) is 7.94. The second kappa shape index (κ2) is 7.92. The molecule has 1 aromatic rings. The van der Waals surface area contributed by atoms with Crippen molar-refractivity contribution in [3.05, 3.63) is 45.9 Å². The molecule has 0 radical (unpaired) electrons. The van der Waals surface area contributed by atoms with Gasteiger partial charge in [-0.05, 0) is 12.1 Å². The summed E-state index contributed by atoms with van der Waals surface area (Å²) in [6.45, 7) is -0.0200. The van der Waals surface area contributed by atoms with E-state index < -0.39 is 40.8 Å². The quantitative estimate of drug-likeness (QED) is 0.343. The minimum atomic E-state index is -1.75. The Hall–Kier alpha value is -4.00. The zero-order chi connectivity index (χ0) is 23.2. The Labute approximate surface area is 183 Å². The number of fused-ring (bicyclic) bond motifs is 2. The molecule has 2 atom stereocenters. The van der Waals surface area contributed by atoms with Gasteiger partial charge in [0.2, 0.25) is 0 Å². The van der Waals surface area contributed by atoms with Crippen LogP contribution in [-0.2, 0) is 19.1 Å². The molecular weight excluding hydrogens is 448 g/mol. The van der Waals surface area contributed by atoms with Crippen molar-refractivity contribution in [2.45, 2.75) is 5.25 Å². The average Bonchev–Trinajstić information content (AvgIpc) is 3.24. The third-order valence-electron chi connectivity index (χ3n) is 4.85. The van der Waals surface area contributed by atoms with E-state index >= 15 is 0 Å². The van der Waals surface area contributed by atoms with Gasteiger partial charge in [0.15, 0.2) is 0 Å². The Morgan fingerprint density at radius 1 is 1.16 bits per heavy atom. The van der Waals surface area contributed by atoms with Crippen LogP contribution >= 0.6 is 11.8 Å². The molecule has 0 aromatic heterocycles. The van der Waals surface area contributed by atoms with E-state index in [2.05, 4.69) is 10.6 Å². The van der Waals surface area contributed by atoms with Crippen LogP contribution in [0.4, 0.5) is 0 Å². The summed E-state index contributed by atoms with van der Waals surface area (Å²) in [7, 11) is 1.34. The maximum absolute atomic E-state index is 12.2. The number of rotatable bonds is 5. The normalized spacial score (nSPS) is 21.1. The van der Waals surface area contributed by atoms with Crippen molar-refractivity contribution in [2.75, 3.05) is 13.7 Å². The highest BCUT2D eigenvalue weighted by Crippen LogP contribution is 2.45. The lowest BCUT2D eigenvalue weighted by molar-refractivity contribution is -0.149. The van der Waals surface area contributed by atoms with Crippen molar-refractivity contribution in [1.29, 1.82) is 0 Å². The summed E-state index contributed by atoms with van der Waals surface area (Å²) in [5.41, 5.74) is -0.262. The Bertz CT molecular complexity index is 1160. The van der Waals surface area contributed by atoms with Gasteiger partial charge in [-0.15, -0.1) is 0 Å². The standard InChI is InChI=1S/C19H14N2O10S/c1-29-7-2-3-8(13-12(7)14(22)20-15(13)23)31-10-4-6-9(5-30-10)32-17(11(6)18(25)26)21-16(24)19(27)28/h2-4,6,9H,5H2,1H3,(H,21,24)(H,25,26)(H,27,28)(H,20,22,23). The molecule has 1 aromatic carbocycles. The Morgan fingerprint density at radius 2 is 1.81 bits per heavy atom. The first kappa shape index (κ1) is 21.2. The number of hydrogen-bond acceptors (Lipinski definition) is 9. The van der Waals surface area contributed by atoms with Crippen LogP contribution in [-0.4, -0.2) is 58.8 Å². The molecule has 4 N–H and O–H groups in total. The summed E-state index contributed by atoms with van der Waals surface area (Å²) in [5.74, 6) is -6.51. The van der Waals surface area contributed by atoms with Gasteiger partial charge >= 0.3 is 17.8 Å². The van der Waals surface area contributed by atoms with Gasteiger partial charge in [0.25, 0.3) is 17.8 Å². The van der Waals surface area contributed by atoms with Gasteiger partial charge in [-0.3, -0.25) is 19.7 Å². The fraction of sp³-hybridized carbons (Fsp3) is 0.211. The predicted molar refractivity (Wildman–Crippen MR) is 105 cm³/mol. The summed E-state index contributed by atoms with van der Waals surface area (Å²) in [6, 6.07) is 2.84. The van der Waals surface area contributed by atoms with Crippen molar-refractivity contribution in [3.63, 3.8) is 0 Å². The minimum Gasteiger partial charge on any atom is -0.496 e. The molecule has 3 aliphatic rings. The maximum atomic E-state index is 12.2. The largest absolute Gasteiger partial charge is 0.496 e. The van der Waals surface area contributed by atoms with Crippen molar-refractivity contribution >= 4 is 41.4 Å². The molecule has 3 heterocycles. The molecule has 2 unspecified atom stereocenters. The van der Waals surface area contributed by atoms with Gasteiger partial charge in [-0.1, -0.05) is 11.8 Å². The molecule has 0 fully saturated rings. The van der Waals surface area contributed by atoms with Gasteiger partial charge in [0.05, 0.1) is 34.1 Å². The summed E-state index contributed by atoms with van der Waals surface area (Å²) in [4.78, 5) is 58.4. The van der Waals surface area contributed by atoms with E-state index in [9.17, 15) is 29.1 Å². The number of allylic oxidation sites excluding steroid dienone is 1. The predicted octanol–water partition coefficient (Wildman–Crippen LogP) is 0.0578. The van der Waals surface area contributed by atoms with Crippen molar-refractivity contribution < 1.29 is 48.4 Å². The van der Waals surface area contributed by atoms with Crippen LogP contribution in [0.1, 0.15) is 20.7 Å². The number of amides is 3. The number of nitrogens with one attached hydrogen (secondary N) is 2. The first-order chi connectivity index (χ1) is 15.2. The van der Waals surface area contributed by atoms with Gasteiger partial charge < -0.3 is 29.7 Å². The topological polar surface area (TPSA) is 178 Å². The number of methoxy groups -OCH3 is 1. The van der Waals surface area contributed by atoms with E-state index in [1.54, 1.807) is 0 Å². The Kier molecular flexibility index (Phi) is 5.26. The SMILES string of the molecule is COc1ccc(OC2=CC3C(C(=O)O)=C(NC(=O)C(=O)O)SC3CO2)c2c1C(=O)NC2=O. The number of thioether (sulfide) groups is 1. The first-order valence-corrected chi connectivity index (χ1v) is 9.86. The molecule has 13 heteroatoms. The summed E-state index contributed by atoms with van der Waals surface area (Å²) in [5, 5.41) is 22.1. The number of carboxylic acids is 2. The minimum absolute atomic E-state index is 0.000224. The number of carbonyl (C=O) groups excluding carboxylic acids is 3. The molecule has 0 saturated carbocycles. The molecule has 0 bridgehead atoms. The zero-order valence-corrected chi connectivity index (χ0v) is 17.0. The molecule has 166 valence electrons. The fourth-order valence-corrected chi connectivity index (χ4v) is 4.78. The van der Waals surface area contributed by atoms with Crippen LogP contribution < -0.4 is 20.1 Å². The summed E-state index contributed by atoms with van der Waals surface area (Å²) >= 11 is 0.964. The monoisotopic (exact) mass is 462 g/mol. The van der Waals surface area contributed by atoms with E-state index in [0.717, 1.165) is 11.8 Å². The lowest BCUT2D eigenvalue weighted by Gasteiger charge is -2.25. The van der Waals surface area contributed by atoms with Crippen LogP contribution in [0.3, 0.4) is 0 Å². The number of carbonyl (C=O) groups is 5. The number of carboxylic acid groups (broad SMARTS) is 2. The van der Waals surface area contributed by atoms with Gasteiger partial charge in [-0.25, -0.2) is 9.59 Å². The van der Waals surface area contributed by atoms with Crippen LogP contribution in [0.2, 0.25) is 0 Å². The second-order valence-electron chi connectivity index (χ2n) is 6.69. The maximum Gasteiger partial charge on any atom is 0.394 e. The number of ether oxygens (including phenoxy) is 3. The van der Waals surface area contributed by atoms with Crippen molar-refractivity contribution in [2.24, 2.45) is 5.92 Å². The lowest BCUT2D eigenvalue weighted by Crippen LogP contribution is -2.30. The highest BCUT2D eigenvalue weighted by atomic mass is 32.2. The third kappa shape index (κ3) is 3.51. The summed E-state index contributed by atoms with van der Waals surface area (Å²) in [6.07, 6.45) is 1.36. The van der Waals surface area contributed by atoms with Crippen molar-refractivity contribution in [1.82, 2.24) is 10.6 Å². The van der Waals surface area contributed by atoms with Crippen LogP contribution in [0.15, 0.2) is 34.8 Å². The van der Waals surface area contributed by atoms with E-state index in [1.165, 1.54) is 25.3 Å². The van der Waals surface area contributed by atoms with Gasteiger partial charge in [0.1, 0.15) is 18.1 Å². The Balaban J connectivity index is 1.66. The number of hydrogen-bond donors (Lipinski definition) is 4. The molecular formula is C19H14N2O10S. The van der Waals surface area contributed by atoms with Crippen LogP contribution in [0, 0.1) is 5.92 Å². The third-order valence-corrected chi connectivity index (χ3v) is 6.14. The lowest BCUT2D eigenvalue weighted by atomic mass is 9.95. The van der Waals surface area contributed by atoms with Crippen LogP contribution in [0.25, 0.3) is 0 Å². The molecule has 4 rings (SSSR count). The Morgan fingerprint density at radius 3 is 2.44 bits per heavy atom. The molecule has 0 aliphatic carbocycles. The first-order valence-electron chi connectivity index (χ1n) is 8.98. The average molecular weight is 462 g/mol. The molecule has 0 spiro atoms. The summed E-state index contributed by atoms with van der Waals surface area (Å²) < 4.78 is 16.3. The molecule has 3 amide bonds. The highest BCUT2D eigenvalue weighted by Gasteiger charge is 2.43. The number of aliphatic carboxylic acids is 2. The highest BCUT2D eigenvalue weighted by molar-refractivity contribution is 8.04. The van der Waals surface area contributed by atoms with Gasteiger partial charge in [-0.2, -0.15) is 0 Å². The van der Waals surface area contributed by atoms with E-state index in [1.807, 2.05) is 0 Å². The molecule has 3 aliphatic heterocycles. The molecule has 0 saturated heterocycles. The number of imide groups is 1. The smallest absolute Gasteiger partial charge is 0.394 e. The van der Waals surface area contributed by atoms with E-state index in [-0.39, 0.29) is 45.8 Å². The van der Waals surface area contributed by atoms with E-state index in [0.29, 0.717) is 0 Å². The van der Waals surface area contributed by atoms with Crippen LogP contribution in [0.5, 0.6) is 11.5 Å². The molecule has 12 nitrogen and oxygen atoms in total. The van der Waals surface area contributed by atoms with Crippen molar-refractivity contribution in [3.8, 4) is 11.5 Å². The number of benzene rings is 1. The van der Waals surface area contributed by atoms with E-state index in [4.69, 9.17) is 19.3 Å². The zero-order valence-electron chi connectivity index (χ0n) is 16.2. The van der Waals surface area contributed by atoms with Gasteiger partial charge in [0, 0.05) is 12.0 Å². The fourth-order valence-electron chi connectivity index (χ4n) is 3.48. The molecule has 32 heavy (non-hydrogen) atoms.